The molecule has 2 aliphatic rings. The summed E-state index contributed by atoms with van der Waals surface area (Å²) in [7, 11) is 0. The first-order chi connectivity index (χ1) is 9.21. The quantitative estimate of drug-likeness (QED) is 0.797. The van der Waals surface area contributed by atoms with Crippen molar-refractivity contribution in [3.63, 3.8) is 0 Å². The molecule has 0 aliphatic carbocycles. The van der Waals surface area contributed by atoms with Gasteiger partial charge in [0.05, 0.1) is 5.60 Å². The summed E-state index contributed by atoms with van der Waals surface area (Å²) in [4.78, 5) is 24.6. The van der Waals surface area contributed by atoms with E-state index in [0.717, 1.165) is 6.42 Å². The number of carboxylic acids is 1. The van der Waals surface area contributed by atoms with Gasteiger partial charge in [-0.1, -0.05) is 0 Å². The largest absolute Gasteiger partial charge is 0.479 e. The number of piperidine rings is 1. The van der Waals surface area contributed by atoms with Crippen molar-refractivity contribution in [3.05, 3.63) is 0 Å². The van der Waals surface area contributed by atoms with Gasteiger partial charge in [-0.15, -0.1) is 0 Å². The van der Waals surface area contributed by atoms with Crippen molar-refractivity contribution in [2.24, 2.45) is 0 Å². The molecule has 0 aromatic rings. The molecule has 2 rings (SSSR count). The molecule has 1 N–H and O–H groups in total. The fourth-order valence-electron chi connectivity index (χ4n) is 2.78. The van der Waals surface area contributed by atoms with Crippen LogP contribution in [-0.4, -0.2) is 52.5 Å². The van der Waals surface area contributed by atoms with Gasteiger partial charge in [0.15, 0.2) is 6.10 Å². The average Bonchev–Trinajstić information content (AvgIpc) is 2.72. The van der Waals surface area contributed by atoms with Gasteiger partial charge in [-0.05, 0) is 46.5 Å². The first-order valence-electron chi connectivity index (χ1n) is 7.09. The summed E-state index contributed by atoms with van der Waals surface area (Å²) >= 11 is 0. The highest BCUT2D eigenvalue weighted by Crippen LogP contribution is 2.39. The Morgan fingerprint density at radius 2 is 1.85 bits per heavy atom. The molecule has 20 heavy (non-hydrogen) atoms. The van der Waals surface area contributed by atoms with Crippen LogP contribution >= 0.6 is 0 Å². The fourth-order valence-corrected chi connectivity index (χ4v) is 2.78. The van der Waals surface area contributed by atoms with Crippen LogP contribution in [0.15, 0.2) is 0 Å². The Hall–Kier alpha value is -1.30. The summed E-state index contributed by atoms with van der Waals surface area (Å²) in [6, 6.07) is 0. The van der Waals surface area contributed by atoms with Gasteiger partial charge in [0, 0.05) is 13.1 Å². The molecule has 0 radical (unpaired) electrons. The minimum atomic E-state index is -0.892. The molecule has 2 heterocycles. The van der Waals surface area contributed by atoms with Crippen LogP contribution in [0.25, 0.3) is 0 Å². The lowest BCUT2D eigenvalue weighted by molar-refractivity contribution is -0.157. The van der Waals surface area contributed by atoms with E-state index in [0.29, 0.717) is 32.4 Å². The number of amides is 1. The number of nitrogens with zero attached hydrogens (tertiary/aromatic N) is 1. The van der Waals surface area contributed by atoms with Crippen LogP contribution in [0, 0.1) is 0 Å². The Bertz CT molecular complexity index is 393. The van der Waals surface area contributed by atoms with Gasteiger partial charge >= 0.3 is 12.1 Å². The molecule has 2 aliphatic heterocycles. The summed E-state index contributed by atoms with van der Waals surface area (Å²) in [5, 5.41) is 8.99. The summed E-state index contributed by atoms with van der Waals surface area (Å²) in [6.07, 6.45) is 1.67. The van der Waals surface area contributed by atoms with Crippen LogP contribution in [0.4, 0.5) is 4.79 Å². The van der Waals surface area contributed by atoms with E-state index in [4.69, 9.17) is 14.6 Å². The number of aliphatic carboxylic acids is 1. The monoisotopic (exact) mass is 285 g/mol. The Morgan fingerprint density at radius 1 is 1.25 bits per heavy atom. The van der Waals surface area contributed by atoms with Crippen molar-refractivity contribution in [2.45, 2.75) is 63.8 Å². The Morgan fingerprint density at radius 3 is 2.30 bits per heavy atom. The third-order valence-electron chi connectivity index (χ3n) is 3.86. The lowest BCUT2D eigenvalue weighted by Gasteiger charge is -2.39. The predicted octanol–water partition coefficient (Wildman–Crippen LogP) is 2.02. The van der Waals surface area contributed by atoms with Crippen LogP contribution in [0.3, 0.4) is 0 Å². The van der Waals surface area contributed by atoms with Gasteiger partial charge in [-0.25, -0.2) is 9.59 Å². The lowest BCUT2D eigenvalue weighted by atomic mass is 9.89. The molecule has 2 saturated heterocycles. The average molecular weight is 285 g/mol. The molecule has 1 spiro atoms. The lowest BCUT2D eigenvalue weighted by Crippen LogP contribution is -2.48. The zero-order valence-electron chi connectivity index (χ0n) is 12.3. The van der Waals surface area contributed by atoms with Crippen molar-refractivity contribution >= 4 is 12.1 Å². The predicted molar refractivity (Wildman–Crippen MR) is 71.5 cm³/mol. The van der Waals surface area contributed by atoms with Crippen molar-refractivity contribution in [1.82, 2.24) is 4.90 Å². The van der Waals surface area contributed by atoms with E-state index in [-0.39, 0.29) is 11.7 Å². The zero-order valence-corrected chi connectivity index (χ0v) is 12.3. The third-order valence-corrected chi connectivity index (χ3v) is 3.86. The second-order valence-electron chi connectivity index (χ2n) is 6.63. The number of carbonyl (C=O) groups is 2. The maximum Gasteiger partial charge on any atom is 0.410 e. The fraction of sp³-hybridized carbons (Fsp3) is 0.857. The number of hydrogen-bond acceptors (Lipinski definition) is 4. The standard InChI is InChI=1S/C14H23NO5/c1-13(2,3)20-12(18)15-8-6-14(7-9-15)5-4-10(19-14)11(16)17/h10H,4-9H2,1-3H3,(H,16,17)/t10-/m1/s1. The van der Waals surface area contributed by atoms with Crippen LogP contribution < -0.4 is 0 Å². The van der Waals surface area contributed by atoms with Gasteiger partial charge in [0.1, 0.15) is 5.60 Å². The van der Waals surface area contributed by atoms with E-state index in [1.807, 2.05) is 20.8 Å². The van der Waals surface area contributed by atoms with Crippen LogP contribution in [-0.2, 0) is 14.3 Å². The summed E-state index contributed by atoms with van der Waals surface area (Å²) in [5.41, 5.74) is -0.855. The first kappa shape index (κ1) is 15.1. The van der Waals surface area contributed by atoms with E-state index < -0.39 is 17.7 Å². The first-order valence-corrected chi connectivity index (χ1v) is 7.09. The number of carboxylic acid groups (broad SMARTS) is 1. The van der Waals surface area contributed by atoms with E-state index in [1.54, 1.807) is 4.90 Å². The summed E-state index contributed by atoms with van der Waals surface area (Å²) < 4.78 is 11.0. The molecule has 0 unspecified atom stereocenters. The number of likely N-dealkylation sites (tertiary alicyclic amines) is 1. The topological polar surface area (TPSA) is 76.1 Å². The SMILES string of the molecule is CC(C)(C)OC(=O)N1CCC2(CC[C@H](C(=O)O)O2)CC1. The van der Waals surface area contributed by atoms with Crippen LogP contribution in [0.5, 0.6) is 0 Å². The van der Waals surface area contributed by atoms with Crippen LogP contribution in [0.1, 0.15) is 46.5 Å². The van der Waals surface area contributed by atoms with Gasteiger partial charge in [0.25, 0.3) is 0 Å². The zero-order chi connectivity index (χ0) is 15.0. The second kappa shape index (κ2) is 5.24. The molecule has 0 aromatic heterocycles. The molecule has 114 valence electrons. The summed E-state index contributed by atoms with van der Waals surface area (Å²) in [6.45, 7) is 6.64. The molecular weight excluding hydrogens is 262 g/mol. The number of carbonyl (C=O) groups excluding carboxylic acids is 1. The maximum absolute atomic E-state index is 12.0. The van der Waals surface area contributed by atoms with Gasteiger partial charge < -0.3 is 19.5 Å². The molecule has 0 saturated carbocycles. The van der Waals surface area contributed by atoms with Crippen molar-refractivity contribution in [2.75, 3.05) is 13.1 Å². The van der Waals surface area contributed by atoms with Crippen molar-refractivity contribution in [1.29, 1.82) is 0 Å². The molecule has 2 fully saturated rings. The molecule has 1 atom stereocenters. The van der Waals surface area contributed by atoms with E-state index >= 15 is 0 Å². The van der Waals surface area contributed by atoms with Crippen molar-refractivity contribution < 1.29 is 24.2 Å². The molecule has 0 bridgehead atoms. The van der Waals surface area contributed by atoms with Crippen LogP contribution in [0.2, 0.25) is 0 Å². The molecule has 6 nitrogen and oxygen atoms in total. The maximum atomic E-state index is 12.0. The molecular formula is C14H23NO5. The summed E-state index contributed by atoms with van der Waals surface area (Å²) in [5.74, 6) is -0.892. The number of hydrogen-bond donors (Lipinski definition) is 1. The minimum Gasteiger partial charge on any atom is -0.479 e. The second-order valence-corrected chi connectivity index (χ2v) is 6.63. The number of ether oxygens (including phenoxy) is 2. The molecule has 1 amide bonds. The van der Waals surface area contributed by atoms with E-state index in [1.165, 1.54) is 0 Å². The van der Waals surface area contributed by atoms with Crippen molar-refractivity contribution in [3.8, 4) is 0 Å². The highest BCUT2D eigenvalue weighted by molar-refractivity contribution is 5.72. The third kappa shape index (κ3) is 3.42. The Kier molecular flexibility index (Phi) is 3.95. The highest BCUT2D eigenvalue weighted by Gasteiger charge is 2.45. The van der Waals surface area contributed by atoms with E-state index in [2.05, 4.69) is 0 Å². The molecule has 0 aromatic carbocycles. The molecule has 6 heteroatoms. The normalized spacial score (nSPS) is 25.8. The Balaban J connectivity index is 1.87. The minimum absolute atomic E-state index is 0.305. The van der Waals surface area contributed by atoms with Gasteiger partial charge in [0.2, 0.25) is 0 Å². The van der Waals surface area contributed by atoms with E-state index in [9.17, 15) is 9.59 Å². The smallest absolute Gasteiger partial charge is 0.410 e. The Labute approximate surface area is 119 Å². The number of rotatable bonds is 1. The highest BCUT2D eigenvalue weighted by atomic mass is 16.6. The van der Waals surface area contributed by atoms with Gasteiger partial charge in [-0.3, -0.25) is 0 Å². The van der Waals surface area contributed by atoms with Gasteiger partial charge in [-0.2, -0.15) is 0 Å².